The third-order valence-electron chi connectivity index (χ3n) is 2.62. The van der Waals surface area contributed by atoms with Crippen LogP contribution in [0.4, 0.5) is 0 Å². The highest BCUT2D eigenvalue weighted by Gasteiger charge is 2.26. The lowest BCUT2D eigenvalue weighted by Gasteiger charge is -2.31. The van der Waals surface area contributed by atoms with Gasteiger partial charge in [0.25, 0.3) is 0 Å². The van der Waals surface area contributed by atoms with E-state index in [1.807, 2.05) is 6.92 Å². The fraction of sp³-hybridized carbons (Fsp3) is 0.727. The summed E-state index contributed by atoms with van der Waals surface area (Å²) in [4.78, 5) is 13.7. The summed E-state index contributed by atoms with van der Waals surface area (Å²) in [7, 11) is 0. The molecule has 0 N–H and O–H groups in total. The van der Waals surface area contributed by atoms with E-state index in [1.165, 1.54) is 5.54 Å². The first-order chi connectivity index (χ1) is 7.67. The minimum Gasteiger partial charge on any atom is -0.466 e. The molecule has 0 saturated carbocycles. The Morgan fingerprint density at radius 1 is 1.62 bits per heavy atom. The van der Waals surface area contributed by atoms with Crippen LogP contribution in [-0.4, -0.2) is 37.1 Å². The molecule has 1 fully saturated rings. The zero-order chi connectivity index (χ0) is 12.0. The highest BCUT2D eigenvalue weighted by Crippen LogP contribution is 2.19. The van der Waals surface area contributed by atoms with Gasteiger partial charge in [-0.05, 0) is 26.3 Å². The minimum absolute atomic E-state index is 0.0199. The number of hydrogen-bond donors (Lipinski definition) is 0. The molecule has 0 bridgehead atoms. The number of ether oxygens (including phenoxy) is 1. The van der Waals surface area contributed by atoms with Gasteiger partial charge >= 0.3 is 5.97 Å². The number of piperidine rings is 1. The first-order valence-electron chi connectivity index (χ1n) is 5.51. The second-order valence-electron chi connectivity index (χ2n) is 3.88. The fourth-order valence-electron chi connectivity index (χ4n) is 1.90. The molecule has 16 heavy (non-hydrogen) atoms. The smallest absolute Gasteiger partial charge is 0.310 e. The lowest BCUT2D eigenvalue weighted by Crippen LogP contribution is -2.39. The standard InChI is InChI=1S/C11H17Cl2NO2/c1-2-16-11(15)9-4-3-5-14(7-9)8-10(13)6-12/h6,9H,2-5,7-8H2,1H3/t9-/m0/s1. The van der Waals surface area contributed by atoms with E-state index in [4.69, 9.17) is 27.9 Å². The highest BCUT2D eigenvalue weighted by atomic mass is 35.5. The van der Waals surface area contributed by atoms with Crippen molar-refractivity contribution in [1.29, 1.82) is 0 Å². The Balaban J connectivity index is 2.43. The summed E-state index contributed by atoms with van der Waals surface area (Å²) in [6.07, 6.45) is 1.90. The van der Waals surface area contributed by atoms with Crippen molar-refractivity contribution in [2.45, 2.75) is 19.8 Å². The monoisotopic (exact) mass is 265 g/mol. The van der Waals surface area contributed by atoms with Gasteiger partial charge in [0, 0.05) is 23.7 Å². The van der Waals surface area contributed by atoms with E-state index in [0.717, 1.165) is 19.4 Å². The molecule has 1 aliphatic rings. The van der Waals surface area contributed by atoms with Gasteiger partial charge < -0.3 is 4.74 Å². The molecular weight excluding hydrogens is 249 g/mol. The Morgan fingerprint density at radius 2 is 2.38 bits per heavy atom. The first-order valence-corrected chi connectivity index (χ1v) is 6.32. The average Bonchev–Trinajstić information content (AvgIpc) is 2.29. The second kappa shape index (κ2) is 7.15. The number of esters is 1. The van der Waals surface area contributed by atoms with Crippen molar-refractivity contribution in [3.8, 4) is 0 Å². The quantitative estimate of drug-likeness (QED) is 0.732. The summed E-state index contributed by atoms with van der Waals surface area (Å²) in [5.74, 6) is -0.119. The third-order valence-corrected chi connectivity index (χ3v) is 3.22. The number of halogens is 2. The van der Waals surface area contributed by atoms with E-state index in [-0.39, 0.29) is 11.9 Å². The van der Waals surface area contributed by atoms with Gasteiger partial charge in [-0.3, -0.25) is 9.69 Å². The summed E-state index contributed by atoms with van der Waals surface area (Å²) < 4.78 is 5.02. The van der Waals surface area contributed by atoms with Gasteiger partial charge in [0.1, 0.15) is 0 Å². The van der Waals surface area contributed by atoms with E-state index >= 15 is 0 Å². The molecular formula is C11H17Cl2NO2. The molecule has 0 aromatic heterocycles. The van der Waals surface area contributed by atoms with E-state index in [1.54, 1.807) is 0 Å². The second-order valence-corrected chi connectivity index (χ2v) is 4.59. The molecule has 3 nitrogen and oxygen atoms in total. The van der Waals surface area contributed by atoms with Gasteiger partial charge in [0.15, 0.2) is 0 Å². The molecule has 1 heterocycles. The highest BCUT2D eigenvalue weighted by molar-refractivity contribution is 6.36. The Labute approximate surface area is 106 Å². The van der Waals surface area contributed by atoms with E-state index in [9.17, 15) is 4.79 Å². The van der Waals surface area contributed by atoms with Crippen molar-refractivity contribution in [2.75, 3.05) is 26.2 Å². The Kier molecular flexibility index (Phi) is 6.17. The normalized spacial score (nSPS) is 23.2. The molecule has 0 amide bonds. The van der Waals surface area contributed by atoms with Crippen LogP contribution in [0.25, 0.3) is 0 Å². The number of hydrogen-bond acceptors (Lipinski definition) is 3. The number of nitrogens with zero attached hydrogens (tertiary/aromatic N) is 1. The number of rotatable bonds is 4. The summed E-state index contributed by atoms with van der Waals surface area (Å²) >= 11 is 11.4. The van der Waals surface area contributed by atoms with Crippen LogP contribution in [0.15, 0.2) is 10.6 Å². The van der Waals surface area contributed by atoms with Gasteiger partial charge in [-0.2, -0.15) is 0 Å². The molecule has 1 saturated heterocycles. The molecule has 1 aliphatic heterocycles. The summed E-state index contributed by atoms with van der Waals surface area (Å²) in [6, 6.07) is 0. The van der Waals surface area contributed by atoms with Crippen molar-refractivity contribution >= 4 is 29.2 Å². The minimum atomic E-state index is -0.0989. The third kappa shape index (κ3) is 4.32. The molecule has 0 radical (unpaired) electrons. The lowest BCUT2D eigenvalue weighted by atomic mass is 9.98. The van der Waals surface area contributed by atoms with Gasteiger partial charge in [-0.15, -0.1) is 0 Å². The molecule has 92 valence electrons. The van der Waals surface area contributed by atoms with Crippen LogP contribution in [0, 0.1) is 5.92 Å². The number of carbonyl (C=O) groups excluding carboxylic acids is 1. The Bertz CT molecular complexity index is 269. The van der Waals surface area contributed by atoms with E-state index in [0.29, 0.717) is 24.7 Å². The number of carbonyl (C=O) groups is 1. The van der Waals surface area contributed by atoms with Gasteiger partial charge in [0.2, 0.25) is 0 Å². The lowest BCUT2D eigenvalue weighted by molar-refractivity contribution is -0.149. The van der Waals surface area contributed by atoms with Crippen LogP contribution < -0.4 is 0 Å². The maximum atomic E-state index is 11.6. The molecule has 0 aromatic rings. The maximum absolute atomic E-state index is 11.6. The average molecular weight is 266 g/mol. The molecule has 0 aromatic carbocycles. The van der Waals surface area contributed by atoms with Crippen LogP contribution >= 0.6 is 23.2 Å². The zero-order valence-electron chi connectivity index (χ0n) is 9.42. The van der Waals surface area contributed by atoms with Crippen LogP contribution in [0.1, 0.15) is 19.8 Å². The molecule has 0 unspecified atom stereocenters. The molecule has 1 atom stereocenters. The van der Waals surface area contributed by atoms with Gasteiger partial charge in [-0.25, -0.2) is 0 Å². The summed E-state index contributed by atoms with van der Waals surface area (Å²) in [6.45, 7) is 4.54. The van der Waals surface area contributed by atoms with Crippen molar-refractivity contribution in [3.05, 3.63) is 10.6 Å². The zero-order valence-corrected chi connectivity index (χ0v) is 10.9. The van der Waals surface area contributed by atoms with Crippen molar-refractivity contribution < 1.29 is 9.53 Å². The molecule has 5 heteroatoms. The molecule has 1 rings (SSSR count). The predicted octanol–water partition coefficient (Wildman–Crippen LogP) is 2.58. The topological polar surface area (TPSA) is 29.5 Å². The SMILES string of the molecule is CCOC(=O)[C@H]1CCCN(CC(Cl)=CCl)C1. The summed E-state index contributed by atoms with van der Waals surface area (Å²) in [5, 5.41) is 0.603. The Hall–Kier alpha value is -0.250. The van der Waals surface area contributed by atoms with E-state index in [2.05, 4.69) is 4.90 Å². The van der Waals surface area contributed by atoms with Crippen LogP contribution in [0.2, 0.25) is 0 Å². The van der Waals surface area contributed by atoms with Crippen molar-refractivity contribution in [3.63, 3.8) is 0 Å². The molecule has 0 spiro atoms. The first kappa shape index (κ1) is 13.8. The van der Waals surface area contributed by atoms with Crippen molar-refractivity contribution in [2.24, 2.45) is 5.92 Å². The molecule has 0 aliphatic carbocycles. The Morgan fingerprint density at radius 3 is 3.00 bits per heavy atom. The van der Waals surface area contributed by atoms with Crippen molar-refractivity contribution in [1.82, 2.24) is 4.90 Å². The van der Waals surface area contributed by atoms with Gasteiger partial charge in [0.05, 0.1) is 12.5 Å². The maximum Gasteiger partial charge on any atom is 0.310 e. The number of likely N-dealkylation sites (tertiary alicyclic amines) is 1. The fourth-order valence-corrected chi connectivity index (χ4v) is 2.14. The van der Waals surface area contributed by atoms with Crippen LogP contribution in [0.3, 0.4) is 0 Å². The van der Waals surface area contributed by atoms with Gasteiger partial charge in [-0.1, -0.05) is 23.2 Å². The summed E-state index contributed by atoms with van der Waals surface area (Å²) in [5.41, 5.74) is 1.37. The van der Waals surface area contributed by atoms with Crippen LogP contribution in [-0.2, 0) is 9.53 Å². The largest absolute Gasteiger partial charge is 0.466 e. The van der Waals surface area contributed by atoms with Crippen LogP contribution in [0.5, 0.6) is 0 Å². The predicted molar refractivity (Wildman–Crippen MR) is 65.6 cm³/mol. The van der Waals surface area contributed by atoms with E-state index < -0.39 is 0 Å².